The summed E-state index contributed by atoms with van der Waals surface area (Å²) in [7, 11) is 0. The highest BCUT2D eigenvalue weighted by Gasteiger charge is 2.34. The molecule has 1 saturated heterocycles. The molecule has 0 aliphatic carbocycles. The molecule has 1 unspecified atom stereocenters. The number of anilines is 1. The van der Waals surface area contributed by atoms with Crippen LogP contribution >= 0.6 is 11.8 Å². The maximum absolute atomic E-state index is 12.5. The third-order valence-electron chi connectivity index (χ3n) is 4.13. The van der Waals surface area contributed by atoms with Crippen molar-refractivity contribution in [2.75, 3.05) is 17.2 Å². The van der Waals surface area contributed by atoms with E-state index in [0.29, 0.717) is 30.1 Å². The van der Waals surface area contributed by atoms with Crippen LogP contribution < -0.4 is 4.90 Å². The Labute approximate surface area is 150 Å². The number of benzene rings is 1. The Morgan fingerprint density at radius 3 is 2.76 bits per heavy atom. The van der Waals surface area contributed by atoms with Crippen LogP contribution in [-0.2, 0) is 9.59 Å². The van der Waals surface area contributed by atoms with Crippen molar-refractivity contribution in [2.45, 2.75) is 20.3 Å². The van der Waals surface area contributed by atoms with Gasteiger partial charge in [-0.1, -0.05) is 29.5 Å². The summed E-state index contributed by atoms with van der Waals surface area (Å²) < 4.78 is 1.64. The van der Waals surface area contributed by atoms with Gasteiger partial charge in [0.1, 0.15) is 11.6 Å². The number of thioether (sulfide) groups is 1. The highest BCUT2D eigenvalue weighted by molar-refractivity contribution is 8.13. The van der Waals surface area contributed by atoms with Crippen LogP contribution in [0.15, 0.2) is 30.5 Å². The summed E-state index contributed by atoms with van der Waals surface area (Å²) in [6.45, 7) is 4.01. The second-order valence-electron chi connectivity index (χ2n) is 6.12. The Morgan fingerprint density at radius 1 is 1.40 bits per heavy atom. The molecule has 6 nitrogen and oxygen atoms in total. The number of hydrogen-bond donors (Lipinski definition) is 0. The maximum atomic E-state index is 12.5. The summed E-state index contributed by atoms with van der Waals surface area (Å²) in [5, 5.41) is 13.8. The lowest BCUT2D eigenvalue weighted by molar-refractivity contribution is -0.117. The summed E-state index contributed by atoms with van der Waals surface area (Å²) in [5.74, 6) is 1.17. The Kier molecular flexibility index (Phi) is 4.91. The molecular weight excluding hydrogens is 336 g/mol. The van der Waals surface area contributed by atoms with Crippen LogP contribution in [0.2, 0.25) is 0 Å². The van der Waals surface area contributed by atoms with Crippen LogP contribution in [-0.4, -0.2) is 33.1 Å². The van der Waals surface area contributed by atoms with E-state index in [-0.39, 0.29) is 16.9 Å². The van der Waals surface area contributed by atoms with Gasteiger partial charge in [-0.05, 0) is 25.0 Å². The number of carbonyl (C=O) groups excluding carboxylic acids is 2. The van der Waals surface area contributed by atoms with E-state index in [1.807, 2.05) is 31.2 Å². The molecule has 2 aromatic rings. The zero-order valence-corrected chi connectivity index (χ0v) is 14.9. The maximum Gasteiger partial charge on any atom is 0.228 e. The van der Waals surface area contributed by atoms with Gasteiger partial charge >= 0.3 is 0 Å². The quantitative estimate of drug-likeness (QED) is 0.843. The van der Waals surface area contributed by atoms with Crippen molar-refractivity contribution < 1.29 is 9.59 Å². The van der Waals surface area contributed by atoms with Crippen molar-refractivity contribution in [3.8, 4) is 11.8 Å². The molecule has 0 radical (unpaired) electrons. The second-order valence-corrected chi connectivity index (χ2v) is 7.32. The summed E-state index contributed by atoms with van der Waals surface area (Å²) in [4.78, 5) is 25.3. The van der Waals surface area contributed by atoms with Crippen molar-refractivity contribution in [1.29, 1.82) is 5.26 Å². The molecule has 1 aliphatic heterocycles. The molecule has 0 spiro atoms. The van der Waals surface area contributed by atoms with Gasteiger partial charge in [0.2, 0.25) is 5.91 Å². The largest absolute Gasteiger partial charge is 0.295 e. The van der Waals surface area contributed by atoms with Gasteiger partial charge in [-0.2, -0.15) is 10.4 Å². The average Bonchev–Trinajstić information content (AvgIpc) is 3.16. The van der Waals surface area contributed by atoms with E-state index in [0.717, 1.165) is 11.3 Å². The Hall–Kier alpha value is -2.59. The predicted octanol–water partition coefficient (Wildman–Crippen LogP) is 2.69. The van der Waals surface area contributed by atoms with Crippen molar-refractivity contribution in [3.05, 3.63) is 41.6 Å². The monoisotopic (exact) mass is 354 g/mol. The Morgan fingerprint density at radius 2 is 2.12 bits per heavy atom. The normalized spacial score (nSPS) is 16.9. The fraction of sp³-hybridized carbons (Fsp3) is 0.333. The fourth-order valence-corrected chi connectivity index (χ4v) is 3.58. The fourth-order valence-electron chi connectivity index (χ4n) is 2.89. The van der Waals surface area contributed by atoms with Crippen LogP contribution in [0.4, 0.5) is 5.82 Å². The predicted molar refractivity (Wildman–Crippen MR) is 96.6 cm³/mol. The van der Waals surface area contributed by atoms with E-state index in [2.05, 4.69) is 11.2 Å². The molecule has 1 fully saturated rings. The first-order valence-corrected chi connectivity index (χ1v) is 8.97. The summed E-state index contributed by atoms with van der Waals surface area (Å²) in [5.41, 5.74) is 2.29. The molecule has 1 atom stereocenters. The van der Waals surface area contributed by atoms with Gasteiger partial charge in [0.15, 0.2) is 10.9 Å². The highest BCUT2D eigenvalue weighted by Crippen LogP contribution is 2.31. The number of rotatable bonds is 4. The van der Waals surface area contributed by atoms with Crippen molar-refractivity contribution in [2.24, 2.45) is 5.92 Å². The van der Waals surface area contributed by atoms with E-state index >= 15 is 0 Å². The van der Waals surface area contributed by atoms with Crippen LogP contribution in [0.5, 0.6) is 0 Å². The molecule has 25 heavy (non-hydrogen) atoms. The van der Waals surface area contributed by atoms with Crippen LogP contribution in [0, 0.1) is 24.2 Å². The second kappa shape index (κ2) is 7.11. The minimum absolute atomic E-state index is 0.0421. The van der Waals surface area contributed by atoms with Gasteiger partial charge in [-0.3, -0.25) is 14.5 Å². The molecule has 7 heteroatoms. The van der Waals surface area contributed by atoms with Crippen LogP contribution in [0.1, 0.15) is 24.5 Å². The molecule has 0 saturated carbocycles. The van der Waals surface area contributed by atoms with Gasteiger partial charge < -0.3 is 0 Å². The van der Waals surface area contributed by atoms with Crippen molar-refractivity contribution in [1.82, 2.24) is 9.78 Å². The zero-order chi connectivity index (χ0) is 18.0. The first kappa shape index (κ1) is 17.2. The molecule has 128 valence electrons. The minimum Gasteiger partial charge on any atom is -0.295 e. The smallest absolute Gasteiger partial charge is 0.228 e. The minimum atomic E-state index is -0.0421. The standard InChI is InChI=1S/C18H18N4O2S/c1-12-3-5-16(6-4-12)22-18(15(8-19)9-20-22)21-10-14(7-17(21)24)11-25-13(2)23/h3-6,9,14H,7,10-11H2,1-2H3. The number of nitrogens with zero attached hydrogens (tertiary/aromatic N) is 4. The topological polar surface area (TPSA) is 79.0 Å². The van der Waals surface area contributed by atoms with E-state index in [1.54, 1.807) is 9.58 Å². The van der Waals surface area contributed by atoms with E-state index < -0.39 is 0 Å². The summed E-state index contributed by atoms with van der Waals surface area (Å²) >= 11 is 1.24. The average molecular weight is 354 g/mol. The van der Waals surface area contributed by atoms with Gasteiger partial charge in [-0.15, -0.1) is 0 Å². The van der Waals surface area contributed by atoms with Gasteiger partial charge in [0.25, 0.3) is 0 Å². The van der Waals surface area contributed by atoms with Gasteiger partial charge in [0, 0.05) is 25.6 Å². The molecule has 3 rings (SSSR count). The van der Waals surface area contributed by atoms with Crippen LogP contribution in [0.3, 0.4) is 0 Å². The molecular formula is C18H18N4O2S. The molecule has 0 N–H and O–H groups in total. The summed E-state index contributed by atoms with van der Waals surface area (Å²) in [6.07, 6.45) is 1.87. The number of amides is 1. The molecule has 1 aromatic carbocycles. The lowest BCUT2D eigenvalue weighted by Crippen LogP contribution is -2.28. The molecule has 0 bridgehead atoms. The van der Waals surface area contributed by atoms with E-state index in [4.69, 9.17) is 0 Å². The lowest BCUT2D eigenvalue weighted by Gasteiger charge is -2.19. The Balaban J connectivity index is 1.92. The molecule has 1 aliphatic rings. The first-order chi connectivity index (χ1) is 12.0. The first-order valence-electron chi connectivity index (χ1n) is 7.98. The number of aryl methyl sites for hydroxylation is 1. The van der Waals surface area contributed by atoms with Gasteiger partial charge in [-0.25, -0.2) is 4.68 Å². The SMILES string of the molecule is CC(=O)SCC1CC(=O)N(c2c(C#N)cnn2-c2ccc(C)cc2)C1. The number of aromatic nitrogens is 2. The molecule has 2 heterocycles. The number of nitriles is 1. The van der Waals surface area contributed by atoms with Crippen molar-refractivity contribution >= 4 is 28.6 Å². The zero-order valence-electron chi connectivity index (χ0n) is 14.1. The molecule has 1 amide bonds. The third kappa shape index (κ3) is 3.59. The third-order valence-corrected chi connectivity index (χ3v) is 5.17. The number of hydrogen-bond acceptors (Lipinski definition) is 5. The van der Waals surface area contributed by atoms with E-state index in [9.17, 15) is 14.9 Å². The Bertz CT molecular complexity index is 851. The molecule has 1 aromatic heterocycles. The van der Waals surface area contributed by atoms with Crippen molar-refractivity contribution in [3.63, 3.8) is 0 Å². The van der Waals surface area contributed by atoms with Gasteiger partial charge in [0.05, 0.1) is 11.9 Å². The number of carbonyl (C=O) groups is 2. The van der Waals surface area contributed by atoms with Crippen LogP contribution in [0.25, 0.3) is 5.69 Å². The summed E-state index contributed by atoms with van der Waals surface area (Å²) in [6, 6.07) is 9.88. The van der Waals surface area contributed by atoms with E-state index in [1.165, 1.54) is 24.9 Å². The highest BCUT2D eigenvalue weighted by atomic mass is 32.2. The lowest BCUT2D eigenvalue weighted by atomic mass is 10.1.